The van der Waals surface area contributed by atoms with Crippen LogP contribution in [-0.2, 0) is 4.74 Å². The Morgan fingerprint density at radius 3 is 2.08 bits per heavy atom. The van der Waals surface area contributed by atoms with Crippen molar-refractivity contribution in [2.45, 2.75) is 0 Å². The molecule has 3 rings (SSSR count). The maximum absolute atomic E-state index is 12.2. The summed E-state index contributed by atoms with van der Waals surface area (Å²) >= 11 is 0. The Hall–Kier alpha value is -3.15. The molecule has 1 aliphatic heterocycles. The SMILES string of the molecule is COC(=O)c1ccc(OCCN2C(=O)c3ccccc3C2=O)cc1. The van der Waals surface area contributed by atoms with Crippen LogP contribution in [0.3, 0.4) is 0 Å². The minimum absolute atomic E-state index is 0.158. The third-order valence-electron chi connectivity index (χ3n) is 3.74. The van der Waals surface area contributed by atoms with Crippen molar-refractivity contribution in [2.75, 3.05) is 20.3 Å². The van der Waals surface area contributed by atoms with Gasteiger partial charge in [0.05, 0.1) is 30.3 Å². The number of benzene rings is 2. The number of hydrogen-bond donors (Lipinski definition) is 0. The van der Waals surface area contributed by atoms with Crippen LogP contribution in [-0.4, -0.2) is 42.9 Å². The van der Waals surface area contributed by atoms with E-state index in [1.54, 1.807) is 48.5 Å². The van der Waals surface area contributed by atoms with Crippen LogP contribution in [0.1, 0.15) is 31.1 Å². The quantitative estimate of drug-likeness (QED) is 0.622. The van der Waals surface area contributed by atoms with E-state index in [0.29, 0.717) is 22.4 Å². The zero-order chi connectivity index (χ0) is 17.1. The smallest absolute Gasteiger partial charge is 0.337 e. The van der Waals surface area contributed by atoms with Crippen molar-refractivity contribution in [3.05, 3.63) is 65.2 Å². The van der Waals surface area contributed by atoms with Gasteiger partial charge in [0.25, 0.3) is 11.8 Å². The van der Waals surface area contributed by atoms with Crippen LogP contribution in [0.2, 0.25) is 0 Å². The molecular formula is C18H15NO5. The van der Waals surface area contributed by atoms with Gasteiger partial charge < -0.3 is 9.47 Å². The summed E-state index contributed by atoms with van der Waals surface area (Å²) in [6.07, 6.45) is 0. The highest BCUT2D eigenvalue weighted by Gasteiger charge is 2.34. The number of hydrogen-bond acceptors (Lipinski definition) is 5. The van der Waals surface area contributed by atoms with Crippen LogP contribution in [0.4, 0.5) is 0 Å². The van der Waals surface area contributed by atoms with Gasteiger partial charge in [-0.25, -0.2) is 4.79 Å². The number of ether oxygens (including phenoxy) is 2. The van der Waals surface area contributed by atoms with Gasteiger partial charge in [-0.15, -0.1) is 0 Å². The van der Waals surface area contributed by atoms with Crippen LogP contribution < -0.4 is 4.74 Å². The molecule has 0 bridgehead atoms. The molecular weight excluding hydrogens is 310 g/mol. The Bertz CT molecular complexity index is 762. The number of fused-ring (bicyclic) bond motifs is 1. The first-order chi connectivity index (χ1) is 11.6. The summed E-state index contributed by atoms with van der Waals surface area (Å²) in [5.41, 5.74) is 1.26. The molecule has 0 aliphatic carbocycles. The molecule has 0 aromatic heterocycles. The molecule has 24 heavy (non-hydrogen) atoms. The minimum Gasteiger partial charge on any atom is -0.492 e. The number of rotatable bonds is 5. The van der Waals surface area contributed by atoms with Crippen molar-refractivity contribution in [3.8, 4) is 5.75 Å². The molecule has 0 saturated heterocycles. The number of amides is 2. The molecule has 0 atom stereocenters. The molecule has 0 saturated carbocycles. The lowest BCUT2D eigenvalue weighted by Crippen LogP contribution is -2.33. The molecule has 2 aromatic carbocycles. The number of nitrogens with zero attached hydrogens (tertiary/aromatic N) is 1. The van der Waals surface area contributed by atoms with Crippen molar-refractivity contribution in [1.82, 2.24) is 4.90 Å². The molecule has 0 radical (unpaired) electrons. The fourth-order valence-electron chi connectivity index (χ4n) is 2.50. The second-order valence-electron chi connectivity index (χ2n) is 5.17. The van der Waals surface area contributed by atoms with Crippen LogP contribution in [0.5, 0.6) is 5.75 Å². The third-order valence-corrected chi connectivity index (χ3v) is 3.74. The maximum atomic E-state index is 12.2. The predicted molar refractivity (Wildman–Crippen MR) is 85.1 cm³/mol. The lowest BCUT2D eigenvalue weighted by molar-refractivity contribution is 0.0595. The summed E-state index contributed by atoms with van der Waals surface area (Å²) in [4.78, 5) is 36.9. The first-order valence-electron chi connectivity index (χ1n) is 7.38. The number of methoxy groups -OCH3 is 1. The van der Waals surface area contributed by atoms with Gasteiger partial charge in [-0.2, -0.15) is 0 Å². The van der Waals surface area contributed by atoms with Crippen molar-refractivity contribution in [1.29, 1.82) is 0 Å². The summed E-state index contributed by atoms with van der Waals surface area (Å²) in [7, 11) is 1.31. The van der Waals surface area contributed by atoms with E-state index in [-0.39, 0.29) is 25.0 Å². The van der Waals surface area contributed by atoms with E-state index in [2.05, 4.69) is 4.74 Å². The molecule has 2 amide bonds. The monoisotopic (exact) mass is 325 g/mol. The average Bonchev–Trinajstić information content (AvgIpc) is 2.87. The lowest BCUT2D eigenvalue weighted by atomic mass is 10.1. The van der Waals surface area contributed by atoms with Crippen molar-refractivity contribution in [2.24, 2.45) is 0 Å². The molecule has 1 heterocycles. The van der Waals surface area contributed by atoms with Gasteiger partial charge >= 0.3 is 5.97 Å². The van der Waals surface area contributed by atoms with Crippen LogP contribution in [0, 0.1) is 0 Å². The Morgan fingerprint density at radius 2 is 1.54 bits per heavy atom. The largest absolute Gasteiger partial charge is 0.492 e. The van der Waals surface area contributed by atoms with Crippen LogP contribution >= 0.6 is 0 Å². The van der Waals surface area contributed by atoms with Gasteiger partial charge in [-0.05, 0) is 36.4 Å². The van der Waals surface area contributed by atoms with E-state index in [0.717, 1.165) is 0 Å². The fourth-order valence-corrected chi connectivity index (χ4v) is 2.50. The Kier molecular flexibility index (Phi) is 4.29. The van der Waals surface area contributed by atoms with E-state index in [1.807, 2.05) is 0 Å². The van der Waals surface area contributed by atoms with Gasteiger partial charge in [0.1, 0.15) is 12.4 Å². The zero-order valence-electron chi connectivity index (χ0n) is 13.0. The molecule has 0 fully saturated rings. The van der Waals surface area contributed by atoms with Crippen molar-refractivity contribution >= 4 is 17.8 Å². The Labute approximate surface area is 138 Å². The van der Waals surface area contributed by atoms with Crippen LogP contribution in [0.25, 0.3) is 0 Å². The van der Waals surface area contributed by atoms with Crippen LogP contribution in [0.15, 0.2) is 48.5 Å². The summed E-state index contributed by atoms with van der Waals surface area (Å²) in [5, 5.41) is 0. The highest BCUT2D eigenvalue weighted by molar-refractivity contribution is 6.21. The first-order valence-corrected chi connectivity index (χ1v) is 7.38. The summed E-state index contributed by atoms with van der Waals surface area (Å²) in [6, 6.07) is 13.2. The Balaban J connectivity index is 1.59. The van der Waals surface area contributed by atoms with Crippen molar-refractivity contribution < 1.29 is 23.9 Å². The molecule has 0 spiro atoms. The molecule has 2 aromatic rings. The van der Waals surface area contributed by atoms with Gasteiger partial charge in [-0.3, -0.25) is 14.5 Å². The summed E-state index contributed by atoms with van der Waals surface area (Å²) in [5.74, 6) is -0.493. The molecule has 6 heteroatoms. The molecule has 0 unspecified atom stereocenters. The third kappa shape index (κ3) is 2.86. The fraction of sp³-hybridized carbons (Fsp3) is 0.167. The highest BCUT2D eigenvalue weighted by atomic mass is 16.5. The standard InChI is InChI=1S/C18H15NO5/c1-23-18(22)12-6-8-13(9-7-12)24-11-10-19-16(20)14-4-2-3-5-15(14)17(19)21/h2-9H,10-11H2,1H3. The molecule has 0 N–H and O–H groups in total. The number of carbonyl (C=O) groups is 3. The van der Waals surface area contributed by atoms with E-state index in [4.69, 9.17) is 4.74 Å². The number of carbonyl (C=O) groups excluding carboxylic acids is 3. The van der Waals surface area contributed by atoms with E-state index >= 15 is 0 Å². The molecule has 6 nitrogen and oxygen atoms in total. The summed E-state index contributed by atoms with van der Waals surface area (Å²) in [6.45, 7) is 0.328. The zero-order valence-corrected chi connectivity index (χ0v) is 13.0. The van der Waals surface area contributed by atoms with E-state index in [1.165, 1.54) is 12.0 Å². The van der Waals surface area contributed by atoms with Gasteiger partial charge in [0, 0.05) is 0 Å². The second kappa shape index (κ2) is 6.54. The average molecular weight is 325 g/mol. The predicted octanol–water partition coefficient (Wildman–Crippen LogP) is 2.15. The number of esters is 1. The first kappa shape index (κ1) is 15.7. The summed E-state index contributed by atoms with van der Waals surface area (Å²) < 4.78 is 10.2. The second-order valence-corrected chi connectivity index (χ2v) is 5.17. The normalized spacial score (nSPS) is 13.0. The highest BCUT2D eigenvalue weighted by Crippen LogP contribution is 2.22. The van der Waals surface area contributed by atoms with Crippen molar-refractivity contribution in [3.63, 3.8) is 0 Å². The molecule has 122 valence electrons. The van der Waals surface area contributed by atoms with E-state index < -0.39 is 5.97 Å². The number of imide groups is 1. The topological polar surface area (TPSA) is 72.9 Å². The maximum Gasteiger partial charge on any atom is 0.337 e. The van der Waals surface area contributed by atoms with Gasteiger partial charge in [0.15, 0.2) is 0 Å². The van der Waals surface area contributed by atoms with Gasteiger partial charge in [0.2, 0.25) is 0 Å². The van der Waals surface area contributed by atoms with E-state index in [9.17, 15) is 14.4 Å². The molecule has 1 aliphatic rings. The minimum atomic E-state index is -0.424. The lowest BCUT2D eigenvalue weighted by Gasteiger charge is -2.14. The van der Waals surface area contributed by atoms with Gasteiger partial charge in [-0.1, -0.05) is 12.1 Å². The Morgan fingerprint density at radius 1 is 0.958 bits per heavy atom.